The second-order valence-electron chi connectivity index (χ2n) is 6.33. The van der Waals surface area contributed by atoms with Gasteiger partial charge in [0.25, 0.3) is 5.69 Å². The Kier molecular flexibility index (Phi) is 5.61. The summed E-state index contributed by atoms with van der Waals surface area (Å²) in [5.41, 5.74) is 3.39. The normalized spacial score (nSPS) is 11.6. The summed E-state index contributed by atoms with van der Waals surface area (Å²) in [6, 6.07) is 23.6. The van der Waals surface area contributed by atoms with Gasteiger partial charge in [-0.15, -0.1) is 0 Å². The van der Waals surface area contributed by atoms with Gasteiger partial charge in [-0.25, -0.2) is 0 Å². The lowest BCUT2D eigenvalue weighted by Gasteiger charge is -2.21. The van der Waals surface area contributed by atoms with Gasteiger partial charge < -0.3 is 5.32 Å². The molecular weight excluding hydrogens is 340 g/mol. The zero-order valence-corrected chi connectivity index (χ0v) is 15.0. The minimum atomic E-state index is -0.460. The predicted molar refractivity (Wildman–Crippen MR) is 104 cm³/mol. The van der Waals surface area contributed by atoms with Gasteiger partial charge >= 0.3 is 0 Å². The maximum Gasteiger partial charge on any atom is 0.273 e. The van der Waals surface area contributed by atoms with Gasteiger partial charge in [0.1, 0.15) is 0 Å². The first-order chi connectivity index (χ1) is 13.1. The molecule has 0 saturated heterocycles. The molecule has 3 aromatic carbocycles. The van der Waals surface area contributed by atoms with Crippen molar-refractivity contribution < 1.29 is 9.72 Å². The van der Waals surface area contributed by atoms with Crippen LogP contribution in [0, 0.1) is 17.0 Å². The van der Waals surface area contributed by atoms with E-state index in [1.165, 1.54) is 6.07 Å². The van der Waals surface area contributed by atoms with Crippen LogP contribution in [-0.4, -0.2) is 10.8 Å². The Morgan fingerprint density at radius 2 is 1.59 bits per heavy atom. The molecule has 136 valence electrons. The van der Waals surface area contributed by atoms with E-state index in [4.69, 9.17) is 0 Å². The van der Waals surface area contributed by atoms with Gasteiger partial charge in [0.15, 0.2) is 0 Å². The smallest absolute Gasteiger partial charge is 0.273 e. The van der Waals surface area contributed by atoms with Crippen LogP contribution in [0.4, 0.5) is 5.69 Å². The van der Waals surface area contributed by atoms with Crippen molar-refractivity contribution >= 4 is 11.6 Å². The van der Waals surface area contributed by atoms with Crippen LogP contribution in [-0.2, 0) is 11.2 Å². The topological polar surface area (TPSA) is 72.2 Å². The summed E-state index contributed by atoms with van der Waals surface area (Å²) in [4.78, 5) is 23.4. The maximum absolute atomic E-state index is 12.7. The summed E-state index contributed by atoms with van der Waals surface area (Å²) >= 11 is 0. The minimum absolute atomic E-state index is 0.0418. The first-order valence-electron chi connectivity index (χ1n) is 8.68. The lowest BCUT2D eigenvalue weighted by molar-refractivity contribution is -0.385. The molecule has 1 N–H and O–H groups in total. The minimum Gasteiger partial charge on any atom is -0.345 e. The fourth-order valence-corrected chi connectivity index (χ4v) is 3.12. The van der Waals surface area contributed by atoms with Crippen LogP contribution in [0.3, 0.4) is 0 Å². The van der Waals surface area contributed by atoms with Crippen LogP contribution >= 0.6 is 0 Å². The number of nitrogens with zero attached hydrogens (tertiary/aromatic N) is 1. The molecule has 1 unspecified atom stereocenters. The highest BCUT2D eigenvalue weighted by molar-refractivity contribution is 5.80. The molecule has 0 spiro atoms. The van der Waals surface area contributed by atoms with Crippen molar-refractivity contribution in [1.82, 2.24) is 5.32 Å². The first-order valence-corrected chi connectivity index (χ1v) is 8.68. The van der Waals surface area contributed by atoms with E-state index in [1.54, 1.807) is 18.2 Å². The Hall–Kier alpha value is -3.47. The Morgan fingerprint density at radius 1 is 0.963 bits per heavy atom. The van der Waals surface area contributed by atoms with Gasteiger partial charge in [-0.1, -0.05) is 72.8 Å². The van der Waals surface area contributed by atoms with Gasteiger partial charge in [0.2, 0.25) is 5.91 Å². The Labute approximate surface area is 157 Å². The van der Waals surface area contributed by atoms with Crippen molar-refractivity contribution in [3.63, 3.8) is 0 Å². The molecule has 3 rings (SSSR count). The van der Waals surface area contributed by atoms with E-state index in [-0.39, 0.29) is 24.1 Å². The van der Waals surface area contributed by atoms with Gasteiger partial charge in [-0.05, 0) is 23.6 Å². The standard InChI is InChI=1S/C22H20N2O3/c1-16-9-5-7-13-19(16)22(17-10-3-2-4-11-17)23-21(25)15-18-12-6-8-14-20(18)24(26)27/h2-14,22H,15H2,1H3,(H,23,25). The first kappa shape index (κ1) is 18.3. The molecule has 1 amide bonds. The van der Waals surface area contributed by atoms with Gasteiger partial charge in [0.05, 0.1) is 17.4 Å². The number of hydrogen-bond acceptors (Lipinski definition) is 3. The highest BCUT2D eigenvalue weighted by atomic mass is 16.6. The van der Waals surface area contributed by atoms with E-state index in [0.717, 1.165) is 16.7 Å². The van der Waals surface area contributed by atoms with Gasteiger partial charge in [-0.3, -0.25) is 14.9 Å². The molecule has 3 aromatic rings. The third-order valence-electron chi connectivity index (χ3n) is 4.48. The fraction of sp³-hybridized carbons (Fsp3) is 0.136. The molecule has 0 aliphatic rings. The number of para-hydroxylation sites is 1. The Balaban J connectivity index is 1.88. The van der Waals surface area contributed by atoms with E-state index in [0.29, 0.717) is 5.56 Å². The van der Waals surface area contributed by atoms with E-state index >= 15 is 0 Å². The number of hydrogen-bond donors (Lipinski definition) is 1. The third-order valence-corrected chi connectivity index (χ3v) is 4.48. The molecule has 0 fully saturated rings. The zero-order valence-electron chi connectivity index (χ0n) is 15.0. The molecule has 5 heteroatoms. The molecule has 0 radical (unpaired) electrons. The van der Waals surface area contributed by atoms with E-state index in [2.05, 4.69) is 5.32 Å². The van der Waals surface area contributed by atoms with Crippen LogP contribution in [0.2, 0.25) is 0 Å². The molecule has 0 aromatic heterocycles. The number of benzene rings is 3. The van der Waals surface area contributed by atoms with E-state index in [9.17, 15) is 14.9 Å². The number of amides is 1. The Morgan fingerprint density at radius 3 is 2.30 bits per heavy atom. The summed E-state index contributed by atoms with van der Waals surface area (Å²) in [7, 11) is 0. The molecule has 27 heavy (non-hydrogen) atoms. The molecule has 0 aliphatic carbocycles. The lowest BCUT2D eigenvalue weighted by Crippen LogP contribution is -2.31. The van der Waals surface area contributed by atoms with E-state index in [1.807, 2.05) is 61.5 Å². The van der Waals surface area contributed by atoms with Crippen molar-refractivity contribution in [2.75, 3.05) is 0 Å². The van der Waals surface area contributed by atoms with Gasteiger partial charge in [0, 0.05) is 11.6 Å². The average Bonchev–Trinajstić information content (AvgIpc) is 2.68. The van der Waals surface area contributed by atoms with Crippen LogP contribution in [0.1, 0.15) is 28.3 Å². The number of nitrogens with one attached hydrogen (secondary N) is 1. The molecule has 0 heterocycles. The summed E-state index contributed by atoms with van der Waals surface area (Å²) in [5.74, 6) is -0.263. The summed E-state index contributed by atoms with van der Waals surface area (Å²) in [6.07, 6.45) is -0.0492. The molecule has 1 atom stereocenters. The van der Waals surface area contributed by atoms with Crippen molar-refractivity contribution in [2.45, 2.75) is 19.4 Å². The van der Waals surface area contributed by atoms with Crippen molar-refractivity contribution in [3.05, 3.63) is 111 Å². The number of carbonyl (C=O) groups is 1. The average molecular weight is 360 g/mol. The molecule has 5 nitrogen and oxygen atoms in total. The van der Waals surface area contributed by atoms with Crippen molar-refractivity contribution in [2.24, 2.45) is 0 Å². The Bertz CT molecular complexity index is 955. The van der Waals surface area contributed by atoms with Crippen LogP contribution < -0.4 is 5.32 Å². The second-order valence-corrected chi connectivity index (χ2v) is 6.33. The third kappa shape index (κ3) is 4.39. The fourth-order valence-electron chi connectivity index (χ4n) is 3.12. The number of rotatable bonds is 6. The second kappa shape index (κ2) is 8.27. The van der Waals surface area contributed by atoms with E-state index < -0.39 is 4.92 Å². The summed E-state index contributed by atoms with van der Waals surface area (Å²) in [5, 5.41) is 14.2. The largest absolute Gasteiger partial charge is 0.345 e. The van der Waals surface area contributed by atoms with Crippen LogP contribution in [0.5, 0.6) is 0 Å². The highest BCUT2D eigenvalue weighted by Gasteiger charge is 2.21. The molecule has 0 bridgehead atoms. The number of nitro benzene ring substituents is 1. The SMILES string of the molecule is Cc1ccccc1C(NC(=O)Cc1ccccc1[N+](=O)[O-])c1ccccc1. The lowest BCUT2D eigenvalue weighted by atomic mass is 9.94. The highest BCUT2D eigenvalue weighted by Crippen LogP contribution is 2.25. The molecule has 0 aliphatic heterocycles. The van der Waals surface area contributed by atoms with Gasteiger partial charge in [-0.2, -0.15) is 0 Å². The van der Waals surface area contributed by atoms with Crippen molar-refractivity contribution in [3.8, 4) is 0 Å². The molecular formula is C22H20N2O3. The monoisotopic (exact) mass is 360 g/mol. The zero-order chi connectivity index (χ0) is 19.2. The van der Waals surface area contributed by atoms with Crippen LogP contribution in [0.15, 0.2) is 78.9 Å². The quantitative estimate of drug-likeness (QED) is 0.525. The number of aryl methyl sites for hydroxylation is 1. The summed E-state index contributed by atoms with van der Waals surface area (Å²) in [6.45, 7) is 2.00. The van der Waals surface area contributed by atoms with Crippen LogP contribution in [0.25, 0.3) is 0 Å². The summed E-state index contributed by atoms with van der Waals surface area (Å²) < 4.78 is 0. The predicted octanol–water partition coefficient (Wildman–Crippen LogP) is 4.35. The van der Waals surface area contributed by atoms with Crippen molar-refractivity contribution in [1.29, 1.82) is 0 Å². The molecule has 0 saturated carbocycles. The number of nitro groups is 1. The number of carbonyl (C=O) groups excluding carboxylic acids is 1. The maximum atomic E-state index is 12.7.